The summed E-state index contributed by atoms with van der Waals surface area (Å²) in [5.41, 5.74) is 2.86. The predicted octanol–water partition coefficient (Wildman–Crippen LogP) is 2.22. The second kappa shape index (κ2) is 5.27. The summed E-state index contributed by atoms with van der Waals surface area (Å²) in [6.45, 7) is 3.62. The summed E-state index contributed by atoms with van der Waals surface area (Å²) in [4.78, 5) is 20.7. The zero-order valence-electron chi connectivity index (χ0n) is 15.2. The molecule has 5 nitrogen and oxygen atoms in total. The van der Waals surface area contributed by atoms with Crippen molar-refractivity contribution in [2.45, 2.75) is 31.2 Å². The highest BCUT2D eigenvalue weighted by Crippen LogP contribution is 2.63. The normalized spacial score (nSPS) is 38.7. The van der Waals surface area contributed by atoms with E-state index in [4.69, 9.17) is 9.73 Å². The molecule has 1 spiro atoms. The third kappa shape index (κ3) is 1.60. The van der Waals surface area contributed by atoms with E-state index in [1.54, 1.807) is 0 Å². The number of hydrogen-bond donors (Lipinski definition) is 1. The van der Waals surface area contributed by atoms with Gasteiger partial charge in [0.25, 0.3) is 0 Å². The SMILES string of the molecule is CC=C1CN2CCC34C(=Nc5ccccc53)C(CO)(C(=O)OC)C1CC24. The van der Waals surface area contributed by atoms with E-state index in [2.05, 4.69) is 23.1 Å². The lowest BCUT2D eigenvalue weighted by atomic mass is 9.50. The van der Waals surface area contributed by atoms with Gasteiger partial charge >= 0.3 is 5.97 Å². The van der Waals surface area contributed by atoms with Gasteiger partial charge in [-0.2, -0.15) is 0 Å². The molecule has 4 atom stereocenters. The molecule has 2 saturated heterocycles. The number of nitrogens with zero attached hydrogens (tertiary/aromatic N) is 2. The van der Waals surface area contributed by atoms with E-state index in [0.29, 0.717) is 6.04 Å². The Morgan fingerprint density at radius 2 is 2.27 bits per heavy atom. The summed E-state index contributed by atoms with van der Waals surface area (Å²) in [6.07, 6.45) is 3.92. The largest absolute Gasteiger partial charge is 0.468 e. The first-order chi connectivity index (χ1) is 12.6. The fourth-order valence-electron chi connectivity index (χ4n) is 6.24. The van der Waals surface area contributed by atoms with Crippen LogP contribution in [0.1, 0.15) is 25.3 Å². The summed E-state index contributed by atoms with van der Waals surface area (Å²) >= 11 is 0. The summed E-state index contributed by atoms with van der Waals surface area (Å²) in [5, 5.41) is 10.6. The Morgan fingerprint density at radius 1 is 1.46 bits per heavy atom. The van der Waals surface area contributed by atoms with Gasteiger partial charge in [0.1, 0.15) is 5.41 Å². The first kappa shape index (κ1) is 16.2. The van der Waals surface area contributed by atoms with E-state index in [1.807, 2.05) is 19.1 Å². The first-order valence-corrected chi connectivity index (χ1v) is 9.41. The molecule has 5 rings (SSSR count). The molecule has 1 saturated carbocycles. The number of carbonyl (C=O) groups is 1. The Bertz CT molecular complexity index is 861. The highest BCUT2D eigenvalue weighted by atomic mass is 16.5. The molecule has 4 unspecified atom stereocenters. The molecule has 4 aliphatic rings. The lowest BCUT2D eigenvalue weighted by Crippen LogP contribution is -2.67. The summed E-state index contributed by atoms with van der Waals surface area (Å²) in [5.74, 6) is -0.403. The average Bonchev–Trinajstić information content (AvgIpc) is 3.24. The van der Waals surface area contributed by atoms with Gasteiger partial charge in [-0.25, -0.2) is 0 Å². The fourth-order valence-corrected chi connectivity index (χ4v) is 6.24. The molecule has 3 fully saturated rings. The topological polar surface area (TPSA) is 62.1 Å². The molecule has 26 heavy (non-hydrogen) atoms. The maximum atomic E-state index is 13.1. The number of benzene rings is 1. The van der Waals surface area contributed by atoms with E-state index < -0.39 is 5.41 Å². The van der Waals surface area contributed by atoms with Gasteiger partial charge in [0, 0.05) is 25.0 Å². The molecule has 2 bridgehead atoms. The summed E-state index contributed by atoms with van der Waals surface area (Å²) in [7, 11) is 1.42. The van der Waals surface area contributed by atoms with Crippen molar-refractivity contribution in [1.82, 2.24) is 4.90 Å². The number of carbonyl (C=O) groups excluding carboxylic acids is 1. The van der Waals surface area contributed by atoms with Crippen LogP contribution in [-0.4, -0.2) is 54.5 Å². The number of rotatable bonds is 2. The van der Waals surface area contributed by atoms with Crippen LogP contribution in [0.15, 0.2) is 40.9 Å². The third-order valence-electron chi connectivity index (χ3n) is 7.32. The molecule has 1 aliphatic carbocycles. The zero-order valence-corrected chi connectivity index (χ0v) is 15.2. The van der Waals surface area contributed by atoms with Crippen LogP contribution in [0, 0.1) is 11.3 Å². The monoisotopic (exact) mass is 352 g/mol. The minimum Gasteiger partial charge on any atom is -0.468 e. The van der Waals surface area contributed by atoms with Crippen molar-refractivity contribution in [2.24, 2.45) is 16.3 Å². The second-order valence-corrected chi connectivity index (χ2v) is 7.96. The van der Waals surface area contributed by atoms with Gasteiger partial charge in [-0.15, -0.1) is 0 Å². The molecule has 136 valence electrons. The van der Waals surface area contributed by atoms with Crippen molar-refractivity contribution >= 4 is 17.4 Å². The lowest BCUT2D eigenvalue weighted by Gasteiger charge is -2.56. The number of methoxy groups -OCH3 is 1. The average molecular weight is 352 g/mol. The molecule has 1 aromatic rings. The van der Waals surface area contributed by atoms with Gasteiger partial charge in [0.15, 0.2) is 0 Å². The van der Waals surface area contributed by atoms with Crippen LogP contribution in [0.25, 0.3) is 0 Å². The van der Waals surface area contributed by atoms with Crippen LogP contribution >= 0.6 is 0 Å². The molecule has 3 aliphatic heterocycles. The molecular weight excluding hydrogens is 328 g/mol. The highest BCUT2D eigenvalue weighted by molar-refractivity contribution is 6.17. The Hall–Kier alpha value is -1.98. The number of piperidine rings is 1. The van der Waals surface area contributed by atoms with Crippen LogP contribution in [0.3, 0.4) is 0 Å². The van der Waals surface area contributed by atoms with E-state index in [1.165, 1.54) is 18.2 Å². The van der Waals surface area contributed by atoms with Crippen LogP contribution in [-0.2, 0) is 14.9 Å². The van der Waals surface area contributed by atoms with E-state index >= 15 is 0 Å². The van der Waals surface area contributed by atoms with Crippen molar-refractivity contribution in [3.63, 3.8) is 0 Å². The molecule has 1 N–H and O–H groups in total. The number of ether oxygens (including phenoxy) is 1. The molecule has 5 heteroatoms. The van der Waals surface area contributed by atoms with Gasteiger partial charge in [0.05, 0.1) is 30.5 Å². The molecule has 0 amide bonds. The molecule has 1 aromatic carbocycles. The minimum absolute atomic E-state index is 0.0505. The van der Waals surface area contributed by atoms with Crippen LogP contribution in [0.2, 0.25) is 0 Å². The summed E-state index contributed by atoms with van der Waals surface area (Å²) in [6, 6.07) is 8.56. The predicted molar refractivity (Wildman–Crippen MR) is 98.6 cm³/mol. The number of aliphatic hydroxyl groups excluding tert-OH is 1. The van der Waals surface area contributed by atoms with Crippen molar-refractivity contribution in [3.05, 3.63) is 41.5 Å². The molecule has 0 aromatic heterocycles. The number of hydrogen-bond acceptors (Lipinski definition) is 5. The zero-order chi connectivity index (χ0) is 18.1. The Kier molecular flexibility index (Phi) is 3.29. The number of para-hydroxylation sites is 1. The Labute approximate surface area is 153 Å². The van der Waals surface area contributed by atoms with Crippen molar-refractivity contribution in [2.75, 3.05) is 26.8 Å². The van der Waals surface area contributed by atoms with E-state index in [0.717, 1.165) is 37.3 Å². The molecule has 3 heterocycles. The molecule has 0 radical (unpaired) electrons. The van der Waals surface area contributed by atoms with Gasteiger partial charge in [0.2, 0.25) is 0 Å². The van der Waals surface area contributed by atoms with Gasteiger partial charge in [-0.3, -0.25) is 14.7 Å². The maximum Gasteiger partial charge on any atom is 0.320 e. The number of esters is 1. The first-order valence-electron chi connectivity index (χ1n) is 9.41. The molecular formula is C21H24N2O3. The van der Waals surface area contributed by atoms with Gasteiger partial charge < -0.3 is 9.84 Å². The minimum atomic E-state index is -1.08. The van der Waals surface area contributed by atoms with Gasteiger partial charge in [-0.05, 0) is 31.4 Å². The smallest absolute Gasteiger partial charge is 0.320 e. The van der Waals surface area contributed by atoms with Crippen molar-refractivity contribution in [1.29, 1.82) is 0 Å². The van der Waals surface area contributed by atoms with Gasteiger partial charge in [-0.1, -0.05) is 29.8 Å². The second-order valence-electron chi connectivity index (χ2n) is 7.96. The summed E-state index contributed by atoms with van der Waals surface area (Å²) < 4.78 is 5.26. The van der Waals surface area contributed by atoms with E-state index in [9.17, 15) is 9.90 Å². The quantitative estimate of drug-likeness (QED) is 0.655. The van der Waals surface area contributed by atoms with Crippen LogP contribution in [0.4, 0.5) is 5.69 Å². The highest BCUT2D eigenvalue weighted by Gasteiger charge is 2.70. The maximum absolute atomic E-state index is 13.1. The number of aliphatic imine (C=N–C) groups is 1. The van der Waals surface area contributed by atoms with E-state index in [-0.39, 0.29) is 23.9 Å². The number of aliphatic hydroxyl groups is 1. The number of allylic oxidation sites excluding steroid dienone is 1. The lowest BCUT2D eigenvalue weighted by molar-refractivity contribution is -0.155. The van der Waals surface area contributed by atoms with Crippen LogP contribution in [0.5, 0.6) is 0 Å². The Morgan fingerprint density at radius 3 is 3.00 bits per heavy atom. The fraction of sp³-hybridized carbons (Fsp3) is 0.524. The Balaban J connectivity index is 1.83. The van der Waals surface area contributed by atoms with Crippen molar-refractivity contribution < 1.29 is 14.6 Å². The van der Waals surface area contributed by atoms with Crippen molar-refractivity contribution in [3.8, 4) is 0 Å². The number of fused-ring (bicyclic) bond motifs is 2. The standard InChI is InChI=1S/C21H24N2O3/c1-3-13-11-23-9-8-20-14-6-4-5-7-16(14)22-18(20)21(12-24,19(25)26-2)15(13)10-17(20)23/h3-7,15,17,24H,8-12H2,1-2H3. The van der Waals surface area contributed by atoms with Crippen LogP contribution < -0.4 is 0 Å². The third-order valence-corrected chi connectivity index (χ3v) is 7.32.